The number of carbonyl (C=O) groups is 1. The van der Waals surface area contributed by atoms with Gasteiger partial charge in [-0.25, -0.2) is 14.5 Å². The third kappa shape index (κ3) is 5.27. The van der Waals surface area contributed by atoms with Crippen LogP contribution >= 0.6 is 11.6 Å². The number of pyridine rings is 2. The van der Waals surface area contributed by atoms with Gasteiger partial charge in [0.15, 0.2) is 6.07 Å². The van der Waals surface area contributed by atoms with E-state index in [2.05, 4.69) is 58.5 Å². The maximum absolute atomic E-state index is 14.3. The molecule has 0 radical (unpaired) electrons. The van der Waals surface area contributed by atoms with Crippen LogP contribution in [0.2, 0.25) is 0 Å². The zero-order valence-electron chi connectivity index (χ0n) is 26.2. The molecule has 236 valence electrons. The first-order valence-electron chi connectivity index (χ1n) is 15.0. The fourth-order valence-corrected chi connectivity index (χ4v) is 6.36. The zero-order chi connectivity index (χ0) is 33.0. The van der Waals surface area contributed by atoms with Gasteiger partial charge in [0.25, 0.3) is 0 Å². The molecule has 3 aromatic heterocycles. The number of nitriles is 2. The van der Waals surface area contributed by atoms with Crippen LogP contribution in [-0.2, 0) is 10.3 Å². The first-order chi connectivity index (χ1) is 21.9. The highest BCUT2D eigenvalue weighted by Gasteiger charge is 2.59. The molecule has 1 N–H and O–H groups in total. The van der Waals surface area contributed by atoms with Gasteiger partial charge in [-0.1, -0.05) is 43.7 Å². The first kappa shape index (κ1) is 31.2. The Labute approximate surface area is 270 Å². The van der Waals surface area contributed by atoms with Crippen molar-refractivity contribution in [3.05, 3.63) is 70.7 Å². The topological polar surface area (TPSA) is 146 Å². The number of ether oxygens (including phenoxy) is 1. The fraction of sp³-hybridized carbons (Fsp3) is 0.424. The number of amides is 1. The molecule has 0 aliphatic heterocycles. The van der Waals surface area contributed by atoms with E-state index in [4.69, 9.17) is 16.3 Å². The summed E-state index contributed by atoms with van der Waals surface area (Å²) in [7, 11) is 0. The number of rotatable bonds is 8. The van der Waals surface area contributed by atoms with Crippen molar-refractivity contribution in [1.29, 1.82) is 10.5 Å². The van der Waals surface area contributed by atoms with Gasteiger partial charge in [-0.2, -0.15) is 14.9 Å². The van der Waals surface area contributed by atoms with Gasteiger partial charge < -0.3 is 10.1 Å². The molecule has 11 nitrogen and oxygen atoms in total. The van der Waals surface area contributed by atoms with Crippen LogP contribution in [-0.4, -0.2) is 43.2 Å². The number of nitrogens with one attached hydrogen (secondary N) is 1. The average Bonchev–Trinajstić information content (AvgIpc) is 3.43. The number of hydrogen-bond donors (Lipinski definition) is 1. The Bertz CT molecular complexity index is 1920. The smallest absolute Gasteiger partial charge is 0.416 e. The van der Waals surface area contributed by atoms with Crippen molar-refractivity contribution in [2.75, 3.05) is 16.3 Å². The zero-order valence-corrected chi connectivity index (χ0v) is 26.9. The number of nitrogens with zero attached hydrogens (tertiary/aromatic N) is 8. The van der Waals surface area contributed by atoms with Gasteiger partial charge in [0.2, 0.25) is 5.95 Å². The van der Waals surface area contributed by atoms with Crippen molar-refractivity contribution in [3.8, 4) is 12.1 Å². The molecule has 0 spiro atoms. The lowest BCUT2D eigenvalue weighted by Crippen LogP contribution is -2.59. The van der Waals surface area contributed by atoms with E-state index in [1.165, 1.54) is 23.2 Å². The van der Waals surface area contributed by atoms with Gasteiger partial charge in [-0.3, -0.25) is 9.88 Å². The summed E-state index contributed by atoms with van der Waals surface area (Å²) in [6, 6.07) is 8.82. The van der Waals surface area contributed by atoms with Gasteiger partial charge >= 0.3 is 6.09 Å². The molecule has 2 bridgehead atoms. The Kier molecular flexibility index (Phi) is 7.81. The van der Waals surface area contributed by atoms with Crippen LogP contribution in [0.1, 0.15) is 81.1 Å². The first-order valence-corrected chi connectivity index (χ1v) is 15.5. The molecule has 3 aliphatic rings. The summed E-state index contributed by atoms with van der Waals surface area (Å²) in [6.07, 6.45) is 5.45. The van der Waals surface area contributed by atoms with Crippen LogP contribution in [0.4, 0.5) is 20.6 Å². The standard InChI is InChI=1S/C33H33ClFN9O2/c1-18-24(6-7-27(35)39-18)30(26-16-43(42-41-26)33-10-20(11-33)12-33)44(31(45)46-17-34)23-8-21(13-36)28-25(9-23)29(22(14-37)15-38-28)40-19(2)32(3,4)5/h6-9,15-16,19-20,30H,10-12,17H2,1-5H3,(H,38,40)/t19?,20?,30-,33?/m0/s1. The summed E-state index contributed by atoms with van der Waals surface area (Å²) >= 11 is 5.92. The quantitative estimate of drug-likeness (QED) is 0.164. The Morgan fingerprint density at radius 1 is 1.24 bits per heavy atom. The summed E-state index contributed by atoms with van der Waals surface area (Å²) < 4.78 is 21.5. The molecule has 4 aromatic rings. The minimum absolute atomic E-state index is 0.0847. The highest BCUT2D eigenvalue weighted by atomic mass is 35.5. The van der Waals surface area contributed by atoms with Crippen molar-refractivity contribution in [1.82, 2.24) is 25.0 Å². The minimum atomic E-state index is -0.995. The van der Waals surface area contributed by atoms with E-state index in [9.17, 15) is 19.7 Å². The third-order valence-electron chi connectivity index (χ3n) is 9.44. The number of alkyl halides is 1. The van der Waals surface area contributed by atoms with Crippen LogP contribution in [0.25, 0.3) is 10.9 Å². The number of anilines is 2. The molecular formula is C33H33ClFN9O2. The number of benzene rings is 1. The molecule has 1 unspecified atom stereocenters. The van der Waals surface area contributed by atoms with E-state index in [0.717, 1.165) is 19.3 Å². The van der Waals surface area contributed by atoms with E-state index in [1.54, 1.807) is 19.1 Å². The maximum atomic E-state index is 14.3. The number of aromatic nitrogens is 5. The van der Waals surface area contributed by atoms with E-state index in [0.29, 0.717) is 39.5 Å². The lowest BCUT2D eigenvalue weighted by Gasteiger charge is -2.61. The van der Waals surface area contributed by atoms with Gasteiger partial charge in [0, 0.05) is 28.9 Å². The van der Waals surface area contributed by atoms with E-state index < -0.39 is 24.1 Å². The molecule has 7 rings (SSSR count). The molecule has 1 aromatic carbocycles. The van der Waals surface area contributed by atoms with Crippen LogP contribution in [0.3, 0.4) is 0 Å². The monoisotopic (exact) mass is 641 g/mol. The van der Waals surface area contributed by atoms with Crippen molar-refractivity contribution in [3.63, 3.8) is 0 Å². The highest BCUT2D eigenvalue weighted by Crippen LogP contribution is 2.62. The maximum Gasteiger partial charge on any atom is 0.416 e. The van der Waals surface area contributed by atoms with Gasteiger partial charge in [-0.05, 0) is 62.6 Å². The summed E-state index contributed by atoms with van der Waals surface area (Å²) in [5.74, 6) is 0.0172. The minimum Gasteiger partial charge on any atom is -0.433 e. The molecule has 1 amide bonds. The number of hydrogen-bond acceptors (Lipinski definition) is 9. The number of carbonyl (C=O) groups excluding carboxylic acids is 1. The summed E-state index contributed by atoms with van der Waals surface area (Å²) in [5, 5.41) is 33.2. The second-order valence-corrected chi connectivity index (χ2v) is 13.5. The predicted octanol–water partition coefficient (Wildman–Crippen LogP) is 6.70. The van der Waals surface area contributed by atoms with Crippen molar-refractivity contribution in [2.45, 2.75) is 71.5 Å². The molecule has 0 saturated heterocycles. The molecule has 3 aliphatic carbocycles. The van der Waals surface area contributed by atoms with Crippen molar-refractivity contribution < 1.29 is 13.9 Å². The molecule has 3 saturated carbocycles. The molecule has 2 atom stereocenters. The van der Waals surface area contributed by atoms with Gasteiger partial charge in [0.05, 0.1) is 39.8 Å². The lowest BCUT2D eigenvalue weighted by molar-refractivity contribution is -0.0989. The van der Waals surface area contributed by atoms with Crippen LogP contribution in [0.15, 0.2) is 36.7 Å². The SMILES string of the molecule is Cc1nc(F)ccc1[C@@H](c1cn(C23CC(C2)C3)nn1)N(C(=O)OCCl)c1cc(C#N)c2ncc(C#N)c(NC(C)C(C)(C)C)c2c1. The van der Waals surface area contributed by atoms with Crippen molar-refractivity contribution in [2.24, 2.45) is 11.3 Å². The molecular weight excluding hydrogens is 609 g/mol. The third-order valence-corrected chi connectivity index (χ3v) is 9.55. The largest absolute Gasteiger partial charge is 0.433 e. The van der Waals surface area contributed by atoms with Crippen LogP contribution in [0.5, 0.6) is 0 Å². The molecule has 46 heavy (non-hydrogen) atoms. The second-order valence-electron chi connectivity index (χ2n) is 13.3. The number of fused-ring (bicyclic) bond motifs is 1. The molecule has 3 fully saturated rings. The van der Waals surface area contributed by atoms with E-state index in [-0.39, 0.29) is 33.8 Å². The highest BCUT2D eigenvalue weighted by molar-refractivity contribution is 6.17. The Morgan fingerprint density at radius 3 is 2.54 bits per heavy atom. The number of aryl methyl sites for hydroxylation is 1. The summed E-state index contributed by atoms with van der Waals surface area (Å²) in [5.41, 5.74) is 2.44. The Balaban J connectivity index is 1.59. The normalized spacial score (nSPS) is 19.6. The van der Waals surface area contributed by atoms with Gasteiger partial charge in [-0.15, -0.1) is 5.10 Å². The lowest BCUT2D eigenvalue weighted by atomic mass is 9.50. The molecule has 3 heterocycles. The van der Waals surface area contributed by atoms with Gasteiger partial charge in [0.1, 0.15) is 23.9 Å². The Hall–Kier alpha value is -4.81. The summed E-state index contributed by atoms with van der Waals surface area (Å²) in [4.78, 5) is 23.7. The molecule has 13 heteroatoms. The second kappa shape index (κ2) is 11.5. The summed E-state index contributed by atoms with van der Waals surface area (Å²) in [6.45, 7) is 9.85. The van der Waals surface area contributed by atoms with Crippen molar-refractivity contribution >= 4 is 40.0 Å². The van der Waals surface area contributed by atoms with E-state index in [1.807, 2.05) is 17.8 Å². The van der Waals surface area contributed by atoms with Crippen LogP contribution < -0.4 is 10.2 Å². The predicted molar refractivity (Wildman–Crippen MR) is 170 cm³/mol. The average molecular weight is 642 g/mol. The van der Waals surface area contributed by atoms with E-state index >= 15 is 0 Å². The van der Waals surface area contributed by atoms with Crippen LogP contribution in [0, 0.1) is 46.9 Å². The number of halogens is 2. The Morgan fingerprint density at radius 2 is 1.96 bits per heavy atom. The fourth-order valence-electron chi connectivity index (χ4n) is 6.27.